The van der Waals surface area contributed by atoms with Gasteiger partial charge >= 0.3 is 0 Å². The number of benzene rings is 1. The van der Waals surface area contributed by atoms with Gasteiger partial charge in [0.25, 0.3) is 0 Å². The van der Waals surface area contributed by atoms with Crippen molar-refractivity contribution in [2.24, 2.45) is 0 Å². The molecule has 2 heterocycles. The van der Waals surface area contributed by atoms with E-state index in [2.05, 4.69) is 57.1 Å². The van der Waals surface area contributed by atoms with Crippen molar-refractivity contribution in [2.45, 2.75) is 44.4 Å². The number of anilines is 2. The van der Waals surface area contributed by atoms with Crippen LogP contribution in [0.1, 0.15) is 54.8 Å². The molecule has 0 radical (unpaired) electrons. The lowest BCUT2D eigenvalue weighted by Gasteiger charge is -2.30. The fraction of sp³-hybridized carbons (Fsp3) is 0.545. The second-order valence-electron chi connectivity index (χ2n) is 7.95. The van der Waals surface area contributed by atoms with E-state index in [1.807, 2.05) is 0 Å². The molecular weight excluding hydrogens is 334 g/mol. The van der Waals surface area contributed by atoms with Gasteiger partial charge in [-0.25, -0.2) is 4.98 Å². The minimum absolute atomic E-state index is 0.331. The van der Waals surface area contributed by atoms with Gasteiger partial charge in [0, 0.05) is 25.1 Å². The molecule has 4 rings (SSSR count). The molecule has 27 heavy (non-hydrogen) atoms. The first-order valence-corrected chi connectivity index (χ1v) is 10.4. The third kappa shape index (κ3) is 4.08. The average Bonchev–Trinajstić information content (AvgIpc) is 3.21. The molecule has 1 aliphatic heterocycles. The summed E-state index contributed by atoms with van der Waals surface area (Å²) in [6.45, 7) is 4.71. The van der Waals surface area contributed by atoms with Crippen molar-refractivity contribution in [2.75, 3.05) is 43.9 Å². The minimum atomic E-state index is 0.331. The van der Waals surface area contributed by atoms with Crippen LogP contribution in [0.5, 0.6) is 0 Å². The van der Waals surface area contributed by atoms with Crippen molar-refractivity contribution in [3.8, 4) is 0 Å². The van der Waals surface area contributed by atoms with E-state index in [9.17, 15) is 0 Å². The second kappa shape index (κ2) is 8.26. The molecule has 0 spiro atoms. The van der Waals surface area contributed by atoms with Gasteiger partial charge in [-0.2, -0.15) is 4.98 Å². The predicted molar refractivity (Wildman–Crippen MR) is 111 cm³/mol. The van der Waals surface area contributed by atoms with Gasteiger partial charge in [-0.15, -0.1) is 0 Å². The van der Waals surface area contributed by atoms with Crippen LogP contribution in [0.15, 0.2) is 30.3 Å². The Bertz CT molecular complexity index is 755. The largest absolute Gasteiger partial charge is 0.368 e. The summed E-state index contributed by atoms with van der Waals surface area (Å²) in [4.78, 5) is 14.2. The molecule has 1 atom stereocenters. The summed E-state index contributed by atoms with van der Waals surface area (Å²) < 4.78 is 0. The van der Waals surface area contributed by atoms with E-state index in [0.29, 0.717) is 11.9 Å². The maximum absolute atomic E-state index is 6.13. The summed E-state index contributed by atoms with van der Waals surface area (Å²) >= 11 is 0. The Morgan fingerprint density at radius 3 is 2.67 bits per heavy atom. The Balaban J connectivity index is 1.54. The Labute approximate surface area is 162 Å². The van der Waals surface area contributed by atoms with E-state index in [-0.39, 0.29) is 0 Å². The van der Waals surface area contributed by atoms with Crippen molar-refractivity contribution in [3.63, 3.8) is 0 Å². The summed E-state index contributed by atoms with van der Waals surface area (Å²) in [7, 11) is 2.15. The molecule has 2 aromatic rings. The number of nitrogen functional groups attached to an aromatic ring is 1. The van der Waals surface area contributed by atoms with Gasteiger partial charge in [-0.05, 0) is 63.7 Å². The number of nitrogens with zero attached hydrogens (tertiary/aromatic N) is 4. The van der Waals surface area contributed by atoms with Crippen molar-refractivity contribution < 1.29 is 0 Å². The van der Waals surface area contributed by atoms with Crippen molar-refractivity contribution >= 4 is 11.8 Å². The van der Waals surface area contributed by atoms with Crippen LogP contribution < -0.4 is 10.6 Å². The van der Waals surface area contributed by atoms with Crippen LogP contribution in [0, 0.1) is 0 Å². The second-order valence-corrected chi connectivity index (χ2v) is 7.95. The average molecular weight is 366 g/mol. The number of rotatable bonds is 6. The third-order valence-corrected chi connectivity index (χ3v) is 6.01. The number of likely N-dealkylation sites (tertiary alicyclic amines) is 1. The Morgan fingerprint density at radius 1 is 1.11 bits per heavy atom. The molecule has 5 heteroatoms. The van der Waals surface area contributed by atoms with Crippen LogP contribution in [-0.2, 0) is 6.42 Å². The van der Waals surface area contributed by atoms with Crippen LogP contribution >= 0.6 is 0 Å². The fourth-order valence-electron chi connectivity index (χ4n) is 4.62. The number of nitrogens with two attached hydrogens (primary N) is 1. The van der Waals surface area contributed by atoms with E-state index >= 15 is 0 Å². The summed E-state index contributed by atoms with van der Waals surface area (Å²) in [6.07, 6.45) is 7.22. The van der Waals surface area contributed by atoms with Crippen LogP contribution in [0.3, 0.4) is 0 Å². The number of fused-ring (bicyclic) bond motifs is 1. The smallest absolute Gasteiger partial charge is 0.222 e. The van der Waals surface area contributed by atoms with Crippen LogP contribution in [-0.4, -0.2) is 48.1 Å². The molecule has 144 valence electrons. The molecule has 2 aliphatic rings. The zero-order valence-corrected chi connectivity index (χ0v) is 16.4. The lowest BCUT2D eigenvalue weighted by Crippen LogP contribution is -2.28. The summed E-state index contributed by atoms with van der Waals surface area (Å²) in [6, 6.07) is 10.7. The molecule has 2 N–H and O–H groups in total. The highest BCUT2D eigenvalue weighted by atomic mass is 15.2. The maximum Gasteiger partial charge on any atom is 0.222 e. The van der Waals surface area contributed by atoms with Gasteiger partial charge in [0.2, 0.25) is 5.95 Å². The first-order valence-electron chi connectivity index (χ1n) is 10.4. The van der Waals surface area contributed by atoms with E-state index in [1.165, 1.54) is 50.0 Å². The van der Waals surface area contributed by atoms with Crippen molar-refractivity contribution in [3.05, 3.63) is 47.2 Å². The molecule has 0 saturated carbocycles. The van der Waals surface area contributed by atoms with E-state index in [0.717, 1.165) is 37.3 Å². The van der Waals surface area contributed by atoms with Gasteiger partial charge in [-0.3, -0.25) is 0 Å². The highest BCUT2D eigenvalue weighted by Crippen LogP contribution is 2.39. The SMILES string of the molecule is CN(CCCN1CCCC1)c1nc(N)nc2c1CCCC2c1ccccc1. The highest BCUT2D eigenvalue weighted by Gasteiger charge is 2.27. The predicted octanol–water partition coefficient (Wildman–Crippen LogP) is 3.45. The Morgan fingerprint density at radius 2 is 1.89 bits per heavy atom. The van der Waals surface area contributed by atoms with Crippen LogP contribution in [0.4, 0.5) is 11.8 Å². The zero-order valence-electron chi connectivity index (χ0n) is 16.4. The van der Waals surface area contributed by atoms with Crippen LogP contribution in [0.25, 0.3) is 0 Å². The first kappa shape index (κ1) is 18.2. The quantitative estimate of drug-likeness (QED) is 0.850. The van der Waals surface area contributed by atoms with Gasteiger partial charge < -0.3 is 15.5 Å². The van der Waals surface area contributed by atoms with Crippen molar-refractivity contribution in [1.29, 1.82) is 0 Å². The normalized spacial score (nSPS) is 19.8. The zero-order chi connectivity index (χ0) is 18.6. The molecule has 1 fully saturated rings. The molecule has 1 saturated heterocycles. The summed E-state index contributed by atoms with van der Waals surface area (Å²) in [5, 5.41) is 0. The van der Waals surface area contributed by atoms with Gasteiger partial charge in [0.05, 0.1) is 5.69 Å². The number of aromatic nitrogens is 2. The molecule has 0 amide bonds. The molecule has 1 unspecified atom stereocenters. The lowest BCUT2D eigenvalue weighted by molar-refractivity contribution is 0.335. The Kier molecular flexibility index (Phi) is 5.58. The molecule has 1 aromatic heterocycles. The monoisotopic (exact) mass is 365 g/mol. The van der Waals surface area contributed by atoms with Gasteiger partial charge in [0.1, 0.15) is 5.82 Å². The first-order chi connectivity index (χ1) is 13.2. The van der Waals surface area contributed by atoms with Gasteiger partial charge in [0.15, 0.2) is 0 Å². The summed E-state index contributed by atoms with van der Waals surface area (Å²) in [5.41, 5.74) is 9.90. The minimum Gasteiger partial charge on any atom is -0.368 e. The van der Waals surface area contributed by atoms with Gasteiger partial charge in [-0.1, -0.05) is 30.3 Å². The number of hydrogen-bond acceptors (Lipinski definition) is 5. The van der Waals surface area contributed by atoms with Crippen molar-refractivity contribution in [1.82, 2.24) is 14.9 Å². The topological polar surface area (TPSA) is 58.3 Å². The molecule has 1 aliphatic carbocycles. The van der Waals surface area contributed by atoms with E-state index < -0.39 is 0 Å². The van der Waals surface area contributed by atoms with Crippen LogP contribution in [0.2, 0.25) is 0 Å². The van der Waals surface area contributed by atoms with E-state index in [1.54, 1.807) is 0 Å². The highest BCUT2D eigenvalue weighted by molar-refractivity contribution is 5.54. The standard InChI is InChI=1S/C22H31N5/c1-26(13-8-16-27-14-5-6-15-27)21-19-12-7-11-18(17-9-3-2-4-10-17)20(19)24-22(23)25-21/h2-4,9-10,18H,5-8,11-16H2,1H3,(H2,23,24,25). The third-order valence-electron chi connectivity index (χ3n) is 6.01. The molecule has 1 aromatic carbocycles. The lowest BCUT2D eigenvalue weighted by atomic mass is 9.82. The molecule has 5 nitrogen and oxygen atoms in total. The number of hydrogen-bond donors (Lipinski definition) is 1. The molecule has 0 bridgehead atoms. The maximum atomic E-state index is 6.13. The fourth-order valence-corrected chi connectivity index (χ4v) is 4.62. The van der Waals surface area contributed by atoms with E-state index in [4.69, 9.17) is 5.73 Å². The summed E-state index contributed by atoms with van der Waals surface area (Å²) in [5.74, 6) is 1.77. The Hall–Kier alpha value is -2.14. The molecular formula is C22H31N5.